The van der Waals surface area contributed by atoms with Gasteiger partial charge >= 0.3 is 51.4 Å². The number of hydrogen-bond donors (Lipinski definition) is 1. The van der Waals surface area contributed by atoms with Gasteiger partial charge in [0.25, 0.3) is 0 Å². The Morgan fingerprint density at radius 2 is 0.967 bits per heavy atom. The van der Waals surface area contributed by atoms with Gasteiger partial charge in [0.15, 0.2) is 0 Å². The summed E-state index contributed by atoms with van der Waals surface area (Å²) in [5.74, 6) is 0. The molecule has 0 aliphatic carbocycles. The van der Waals surface area contributed by atoms with Gasteiger partial charge in [0.2, 0.25) is 0 Å². The molecule has 30 heavy (non-hydrogen) atoms. The van der Waals surface area contributed by atoms with Crippen molar-refractivity contribution < 1.29 is 69.5 Å². The summed E-state index contributed by atoms with van der Waals surface area (Å²) in [7, 11) is -4.21. The molecule has 2 atom stereocenters. The van der Waals surface area contributed by atoms with Gasteiger partial charge in [-0.3, -0.25) is 0 Å². The fourth-order valence-electron chi connectivity index (χ4n) is 3.82. The molecule has 0 aromatic heterocycles. The van der Waals surface area contributed by atoms with Gasteiger partial charge in [0.05, 0.1) is 16.2 Å². The van der Waals surface area contributed by atoms with Gasteiger partial charge in [-0.15, -0.1) is 0 Å². The van der Waals surface area contributed by atoms with Gasteiger partial charge < -0.3 is 9.66 Å². The van der Waals surface area contributed by atoms with Gasteiger partial charge in [0, 0.05) is 5.25 Å². The summed E-state index contributed by atoms with van der Waals surface area (Å²) in [6.45, 7) is 3.69. The van der Waals surface area contributed by atoms with E-state index in [1.165, 1.54) is 103 Å². The SMILES string of the molecule is CCCCCCCCCCCCCCCCCCCC(O)CCC(C)S(=O)(=O)[O-].[K+]. The molecule has 0 radical (unpaired) electrons. The third kappa shape index (κ3) is 24.2. The third-order valence-electron chi connectivity index (χ3n) is 6.04. The minimum Gasteiger partial charge on any atom is -0.748 e. The van der Waals surface area contributed by atoms with Crippen LogP contribution in [0.3, 0.4) is 0 Å². The van der Waals surface area contributed by atoms with Crippen LogP contribution >= 0.6 is 0 Å². The Balaban J connectivity index is 0. The van der Waals surface area contributed by atoms with E-state index < -0.39 is 21.5 Å². The quantitative estimate of drug-likeness (QED) is 0.146. The van der Waals surface area contributed by atoms with Gasteiger partial charge in [-0.25, -0.2) is 8.42 Å². The van der Waals surface area contributed by atoms with Gasteiger partial charge in [-0.1, -0.05) is 116 Å². The maximum atomic E-state index is 10.8. The fourth-order valence-corrected chi connectivity index (χ4v) is 4.25. The summed E-state index contributed by atoms with van der Waals surface area (Å²) >= 11 is 0. The summed E-state index contributed by atoms with van der Waals surface area (Å²) in [6, 6.07) is 0. The van der Waals surface area contributed by atoms with Crippen molar-refractivity contribution in [3.8, 4) is 0 Å². The summed E-state index contributed by atoms with van der Waals surface area (Å²) < 4.78 is 32.5. The second-order valence-electron chi connectivity index (χ2n) is 8.98. The van der Waals surface area contributed by atoms with Crippen molar-refractivity contribution in [1.29, 1.82) is 0 Å². The van der Waals surface area contributed by atoms with Crippen molar-refractivity contribution in [2.75, 3.05) is 0 Å². The Labute approximate surface area is 230 Å². The van der Waals surface area contributed by atoms with Crippen molar-refractivity contribution >= 4 is 10.1 Å². The zero-order chi connectivity index (χ0) is 21.8. The molecule has 0 aromatic carbocycles. The predicted molar refractivity (Wildman–Crippen MR) is 123 cm³/mol. The van der Waals surface area contributed by atoms with Crippen molar-refractivity contribution in [2.24, 2.45) is 0 Å². The summed E-state index contributed by atoms with van der Waals surface area (Å²) in [4.78, 5) is 0. The molecule has 6 heteroatoms. The van der Waals surface area contributed by atoms with Crippen LogP contribution in [-0.2, 0) is 10.1 Å². The Hall–Kier alpha value is 1.51. The summed E-state index contributed by atoms with van der Waals surface area (Å²) in [6.07, 6.45) is 23.6. The molecular weight excluding hydrogens is 423 g/mol. The Bertz CT molecular complexity index is 442. The molecule has 0 saturated heterocycles. The normalized spacial score (nSPS) is 13.7. The average Bonchev–Trinajstić information content (AvgIpc) is 2.67. The maximum Gasteiger partial charge on any atom is 1.00 e. The van der Waals surface area contributed by atoms with E-state index in [4.69, 9.17) is 0 Å². The summed E-state index contributed by atoms with van der Waals surface area (Å²) in [5, 5.41) is 9.00. The first kappa shape index (κ1) is 33.7. The Morgan fingerprint density at radius 1 is 0.633 bits per heavy atom. The van der Waals surface area contributed by atoms with Crippen molar-refractivity contribution in [3.63, 3.8) is 0 Å². The first-order valence-electron chi connectivity index (χ1n) is 12.5. The number of aliphatic hydroxyl groups excluding tert-OH is 1. The zero-order valence-corrected chi connectivity index (χ0v) is 24.3. The molecule has 0 rings (SSSR count). The van der Waals surface area contributed by atoms with E-state index in [0.29, 0.717) is 12.8 Å². The van der Waals surface area contributed by atoms with Crippen LogP contribution in [0.25, 0.3) is 0 Å². The van der Waals surface area contributed by atoms with E-state index in [9.17, 15) is 18.1 Å². The monoisotopic (exact) mass is 472 g/mol. The van der Waals surface area contributed by atoms with Gasteiger partial charge in [-0.05, 0) is 26.2 Å². The van der Waals surface area contributed by atoms with E-state index >= 15 is 0 Å². The molecule has 176 valence electrons. The molecule has 0 aliphatic heterocycles. The molecule has 0 aliphatic rings. The number of rotatable bonds is 22. The van der Waals surface area contributed by atoms with Crippen LogP contribution in [0.4, 0.5) is 0 Å². The van der Waals surface area contributed by atoms with Crippen LogP contribution in [-0.4, -0.2) is 29.4 Å². The van der Waals surface area contributed by atoms with Crippen molar-refractivity contribution in [3.05, 3.63) is 0 Å². The van der Waals surface area contributed by atoms with Crippen LogP contribution in [0, 0.1) is 0 Å². The average molecular weight is 473 g/mol. The second kappa shape index (κ2) is 23.7. The molecule has 0 bridgehead atoms. The van der Waals surface area contributed by atoms with Crippen molar-refractivity contribution in [1.82, 2.24) is 0 Å². The van der Waals surface area contributed by atoms with Crippen LogP contribution in [0.2, 0.25) is 0 Å². The van der Waals surface area contributed by atoms with Crippen LogP contribution in [0.1, 0.15) is 142 Å². The molecule has 0 spiro atoms. The molecule has 1 N–H and O–H groups in total. The van der Waals surface area contributed by atoms with E-state index in [-0.39, 0.29) is 57.8 Å². The smallest absolute Gasteiger partial charge is 0.748 e. The fraction of sp³-hybridized carbons (Fsp3) is 1.00. The second-order valence-corrected chi connectivity index (χ2v) is 10.8. The number of unbranched alkanes of at least 4 members (excludes halogenated alkanes) is 16. The molecule has 0 fully saturated rings. The molecular formula is C24H49KO4S. The third-order valence-corrected chi connectivity index (χ3v) is 7.26. The topological polar surface area (TPSA) is 77.4 Å². The first-order valence-corrected chi connectivity index (χ1v) is 14.0. The zero-order valence-electron chi connectivity index (χ0n) is 20.4. The molecule has 0 saturated carbocycles. The van der Waals surface area contributed by atoms with E-state index in [0.717, 1.165) is 12.8 Å². The van der Waals surface area contributed by atoms with Crippen LogP contribution < -0.4 is 51.4 Å². The summed E-state index contributed by atoms with van der Waals surface area (Å²) in [5.41, 5.74) is 0. The van der Waals surface area contributed by atoms with Crippen LogP contribution in [0.15, 0.2) is 0 Å². The number of hydrogen-bond acceptors (Lipinski definition) is 4. The predicted octanol–water partition coefficient (Wildman–Crippen LogP) is 4.11. The van der Waals surface area contributed by atoms with Crippen molar-refractivity contribution in [2.45, 2.75) is 154 Å². The minimum absolute atomic E-state index is 0. The largest absolute Gasteiger partial charge is 1.00 e. The van der Waals surface area contributed by atoms with E-state index in [1.54, 1.807) is 0 Å². The van der Waals surface area contributed by atoms with E-state index in [2.05, 4.69) is 6.92 Å². The van der Waals surface area contributed by atoms with Gasteiger partial charge in [-0.2, -0.15) is 0 Å². The molecule has 0 amide bonds. The molecule has 4 nitrogen and oxygen atoms in total. The van der Waals surface area contributed by atoms with E-state index in [1.807, 2.05) is 0 Å². The number of aliphatic hydroxyl groups is 1. The Morgan fingerprint density at radius 3 is 1.30 bits per heavy atom. The van der Waals surface area contributed by atoms with Crippen LogP contribution in [0.5, 0.6) is 0 Å². The maximum absolute atomic E-state index is 10.8. The molecule has 0 aromatic rings. The molecule has 2 unspecified atom stereocenters. The van der Waals surface area contributed by atoms with Gasteiger partial charge in [0.1, 0.15) is 0 Å². The standard InChI is InChI=1S/C24H50O4S.K/c1-3-4-5-6-7-8-9-10-11-12-13-14-15-16-17-18-19-20-24(25)22-21-23(2)29(26,27)28;/h23-25H,3-22H2,1-2H3,(H,26,27,28);/q;+1/p-1. The first-order chi connectivity index (χ1) is 13.9. The molecule has 0 heterocycles. The minimum atomic E-state index is -4.21. The Kier molecular flexibility index (Phi) is 26.6.